The van der Waals surface area contributed by atoms with Gasteiger partial charge in [0, 0.05) is 24.9 Å². The van der Waals surface area contributed by atoms with Gasteiger partial charge in [-0.2, -0.15) is 0 Å². The molecule has 0 spiro atoms. The first-order valence-electron chi connectivity index (χ1n) is 5.04. The zero-order chi connectivity index (χ0) is 13.1. The van der Waals surface area contributed by atoms with Gasteiger partial charge in [-0.3, -0.25) is 10.1 Å². The van der Waals surface area contributed by atoms with E-state index in [0.29, 0.717) is 6.54 Å². The Bertz CT molecular complexity index is 589. The van der Waals surface area contributed by atoms with E-state index >= 15 is 0 Å². The van der Waals surface area contributed by atoms with Crippen LogP contribution in [0.1, 0.15) is 16.1 Å². The number of non-ortho nitro benzene ring substituents is 1. The first kappa shape index (κ1) is 11.8. The molecule has 2 rings (SSSR count). The lowest BCUT2D eigenvalue weighted by atomic mass is 10.2. The van der Waals surface area contributed by atoms with Crippen molar-refractivity contribution in [1.82, 2.24) is 9.55 Å². The van der Waals surface area contributed by atoms with Gasteiger partial charge in [0.15, 0.2) is 5.69 Å². The molecular formula is C11H9N3O4. The number of nitro benzene ring substituents is 1. The molecule has 1 N–H and O–H groups in total. The van der Waals surface area contributed by atoms with E-state index in [9.17, 15) is 14.9 Å². The van der Waals surface area contributed by atoms with Crippen LogP contribution in [0.2, 0.25) is 0 Å². The number of rotatable bonds is 4. The van der Waals surface area contributed by atoms with Crippen molar-refractivity contribution in [3.63, 3.8) is 0 Å². The maximum Gasteiger partial charge on any atom is 0.356 e. The first-order chi connectivity index (χ1) is 8.56. The van der Waals surface area contributed by atoms with Gasteiger partial charge in [0.25, 0.3) is 5.69 Å². The monoisotopic (exact) mass is 247 g/mol. The summed E-state index contributed by atoms with van der Waals surface area (Å²) in [4.78, 5) is 24.4. The fourth-order valence-corrected chi connectivity index (χ4v) is 1.49. The summed E-state index contributed by atoms with van der Waals surface area (Å²) in [5.74, 6) is -1.09. The van der Waals surface area contributed by atoms with E-state index < -0.39 is 10.9 Å². The second-order valence-corrected chi connectivity index (χ2v) is 3.66. The van der Waals surface area contributed by atoms with Gasteiger partial charge in [-0.15, -0.1) is 0 Å². The molecule has 18 heavy (non-hydrogen) atoms. The van der Waals surface area contributed by atoms with Crippen LogP contribution in [0.3, 0.4) is 0 Å². The lowest BCUT2D eigenvalue weighted by Gasteiger charge is -2.01. The summed E-state index contributed by atoms with van der Waals surface area (Å²) in [7, 11) is 0. The number of carboxylic acid groups (broad SMARTS) is 1. The van der Waals surface area contributed by atoms with Crippen LogP contribution in [0.15, 0.2) is 36.8 Å². The van der Waals surface area contributed by atoms with Gasteiger partial charge in [0.1, 0.15) is 0 Å². The third-order valence-corrected chi connectivity index (χ3v) is 2.36. The summed E-state index contributed by atoms with van der Waals surface area (Å²) in [6, 6.07) is 6.06. The van der Waals surface area contributed by atoms with Gasteiger partial charge in [-0.05, 0) is 5.56 Å². The maximum absolute atomic E-state index is 10.6. The van der Waals surface area contributed by atoms with Crippen molar-refractivity contribution in [2.75, 3.05) is 0 Å². The number of carbonyl (C=O) groups is 1. The van der Waals surface area contributed by atoms with Crippen LogP contribution >= 0.6 is 0 Å². The predicted molar refractivity (Wildman–Crippen MR) is 61.4 cm³/mol. The fourth-order valence-electron chi connectivity index (χ4n) is 1.49. The second-order valence-electron chi connectivity index (χ2n) is 3.66. The van der Waals surface area contributed by atoms with E-state index in [1.807, 2.05) is 0 Å². The second kappa shape index (κ2) is 4.66. The normalized spacial score (nSPS) is 10.2. The standard InChI is InChI=1S/C11H9N3O4/c15-11(16)10-6-13(7-12-10)5-8-1-3-9(4-2-8)14(17)18/h1-4,6-7H,5H2,(H,15,16). The summed E-state index contributed by atoms with van der Waals surface area (Å²) in [6.07, 6.45) is 2.81. The summed E-state index contributed by atoms with van der Waals surface area (Å²) in [5.41, 5.74) is 0.822. The van der Waals surface area contributed by atoms with E-state index in [2.05, 4.69) is 4.98 Å². The minimum Gasteiger partial charge on any atom is -0.476 e. The van der Waals surface area contributed by atoms with Crippen molar-refractivity contribution in [3.05, 3.63) is 58.2 Å². The molecule has 1 aromatic carbocycles. The van der Waals surface area contributed by atoms with Gasteiger partial charge in [0.2, 0.25) is 0 Å². The Morgan fingerprint density at radius 1 is 1.39 bits per heavy atom. The molecule has 0 aliphatic carbocycles. The molecule has 0 aliphatic rings. The largest absolute Gasteiger partial charge is 0.476 e. The van der Waals surface area contributed by atoms with Gasteiger partial charge >= 0.3 is 5.97 Å². The number of carboxylic acids is 1. The van der Waals surface area contributed by atoms with Gasteiger partial charge in [-0.1, -0.05) is 12.1 Å². The van der Waals surface area contributed by atoms with Crippen LogP contribution < -0.4 is 0 Å². The maximum atomic E-state index is 10.6. The molecule has 0 radical (unpaired) electrons. The number of hydrogen-bond acceptors (Lipinski definition) is 4. The Morgan fingerprint density at radius 3 is 2.56 bits per heavy atom. The fraction of sp³-hybridized carbons (Fsp3) is 0.0909. The highest BCUT2D eigenvalue weighted by molar-refractivity contribution is 5.84. The third-order valence-electron chi connectivity index (χ3n) is 2.36. The van der Waals surface area contributed by atoms with E-state index in [4.69, 9.17) is 5.11 Å². The summed E-state index contributed by atoms with van der Waals surface area (Å²) in [5, 5.41) is 19.2. The molecule has 0 saturated carbocycles. The molecule has 0 saturated heterocycles. The van der Waals surface area contributed by atoms with E-state index in [0.717, 1.165) is 5.56 Å². The minimum absolute atomic E-state index is 0.0237. The van der Waals surface area contributed by atoms with Crippen LogP contribution in [-0.4, -0.2) is 25.6 Å². The Hall–Kier alpha value is -2.70. The SMILES string of the molecule is O=C(O)c1cn(Cc2ccc([N+](=O)[O-])cc2)cn1. The molecule has 2 aromatic rings. The van der Waals surface area contributed by atoms with E-state index in [-0.39, 0.29) is 11.4 Å². The van der Waals surface area contributed by atoms with E-state index in [1.165, 1.54) is 24.7 Å². The molecule has 0 fully saturated rings. The third kappa shape index (κ3) is 2.51. The number of nitro groups is 1. The van der Waals surface area contributed by atoms with Gasteiger partial charge in [0.05, 0.1) is 11.3 Å². The molecule has 0 atom stereocenters. The van der Waals surface area contributed by atoms with Gasteiger partial charge < -0.3 is 9.67 Å². The highest BCUT2D eigenvalue weighted by Gasteiger charge is 2.07. The predicted octanol–water partition coefficient (Wildman–Crippen LogP) is 1.54. The zero-order valence-electron chi connectivity index (χ0n) is 9.18. The summed E-state index contributed by atoms with van der Waals surface area (Å²) < 4.78 is 1.60. The topological polar surface area (TPSA) is 98.3 Å². The summed E-state index contributed by atoms with van der Waals surface area (Å²) >= 11 is 0. The first-order valence-corrected chi connectivity index (χ1v) is 5.04. The molecule has 7 nitrogen and oxygen atoms in total. The Morgan fingerprint density at radius 2 is 2.06 bits per heavy atom. The molecule has 1 heterocycles. The molecule has 0 unspecified atom stereocenters. The number of benzene rings is 1. The van der Waals surface area contributed by atoms with Crippen LogP contribution in [-0.2, 0) is 6.54 Å². The molecule has 92 valence electrons. The quantitative estimate of drug-likeness (QED) is 0.652. The lowest BCUT2D eigenvalue weighted by molar-refractivity contribution is -0.384. The molecule has 1 aromatic heterocycles. The minimum atomic E-state index is -1.09. The highest BCUT2D eigenvalue weighted by atomic mass is 16.6. The van der Waals surface area contributed by atoms with Crippen LogP contribution in [0.4, 0.5) is 5.69 Å². The number of aromatic carboxylic acids is 1. The van der Waals surface area contributed by atoms with Crippen LogP contribution in [0.5, 0.6) is 0 Å². The number of nitrogens with zero attached hydrogens (tertiary/aromatic N) is 3. The zero-order valence-corrected chi connectivity index (χ0v) is 9.18. The van der Waals surface area contributed by atoms with Gasteiger partial charge in [-0.25, -0.2) is 9.78 Å². The van der Waals surface area contributed by atoms with Crippen molar-refractivity contribution in [2.24, 2.45) is 0 Å². The highest BCUT2D eigenvalue weighted by Crippen LogP contribution is 2.13. The molecule has 0 aliphatic heterocycles. The van der Waals surface area contributed by atoms with E-state index in [1.54, 1.807) is 16.7 Å². The average molecular weight is 247 g/mol. The Balaban J connectivity index is 2.13. The summed E-state index contributed by atoms with van der Waals surface area (Å²) in [6.45, 7) is 0.415. The van der Waals surface area contributed by atoms with Crippen LogP contribution in [0.25, 0.3) is 0 Å². The molecule has 0 bridgehead atoms. The average Bonchev–Trinajstić information content (AvgIpc) is 2.78. The Kier molecular flexibility index (Phi) is 3.05. The number of imidazole rings is 1. The van der Waals surface area contributed by atoms with Crippen molar-refractivity contribution < 1.29 is 14.8 Å². The smallest absolute Gasteiger partial charge is 0.356 e. The van der Waals surface area contributed by atoms with Crippen LogP contribution in [0, 0.1) is 10.1 Å². The van der Waals surface area contributed by atoms with Crippen molar-refractivity contribution in [1.29, 1.82) is 0 Å². The molecular weight excluding hydrogens is 238 g/mol. The Labute approximate surface area is 101 Å². The number of hydrogen-bond donors (Lipinski definition) is 1. The van der Waals surface area contributed by atoms with Crippen molar-refractivity contribution in [2.45, 2.75) is 6.54 Å². The lowest BCUT2D eigenvalue weighted by Crippen LogP contribution is -1.98. The molecule has 0 amide bonds. The van der Waals surface area contributed by atoms with Crippen molar-refractivity contribution in [3.8, 4) is 0 Å². The molecule has 7 heteroatoms. The number of aromatic nitrogens is 2. The van der Waals surface area contributed by atoms with Crippen molar-refractivity contribution >= 4 is 11.7 Å².